The van der Waals surface area contributed by atoms with Crippen LogP contribution < -0.4 is 15.8 Å². The van der Waals surface area contributed by atoms with Crippen LogP contribution in [0.1, 0.15) is 25.3 Å². The summed E-state index contributed by atoms with van der Waals surface area (Å²) < 4.78 is 10.5. The van der Waals surface area contributed by atoms with Gasteiger partial charge >= 0.3 is 5.97 Å². The molecule has 2 amide bonds. The Morgan fingerprint density at radius 2 is 2.19 bits per heavy atom. The van der Waals surface area contributed by atoms with Crippen molar-refractivity contribution in [3.8, 4) is 5.75 Å². The minimum absolute atomic E-state index is 0.107. The lowest BCUT2D eigenvalue weighted by molar-refractivity contribution is -0.141. The molecule has 0 spiro atoms. The predicted octanol–water partition coefficient (Wildman–Crippen LogP) is 0.849. The molecule has 0 bridgehead atoms. The molecule has 1 aromatic carbocycles. The van der Waals surface area contributed by atoms with Crippen LogP contribution in [0, 0.1) is 0 Å². The van der Waals surface area contributed by atoms with Gasteiger partial charge in [-0.25, -0.2) is 4.99 Å². The third kappa shape index (κ3) is 4.13. The number of amides is 2. The Morgan fingerprint density at radius 3 is 2.89 bits per heavy atom. The zero-order valence-corrected chi connectivity index (χ0v) is 15.4. The molecule has 0 saturated carbocycles. The van der Waals surface area contributed by atoms with Crippen molar-refractivity contribution in [2.45, 2.75) is 32.4 Å². The molecule has 27 heavy (non-hydrogen) atoms. The van der Waals surface area contributed by atoms with Crippen LogP contribution in [-0.4, -0.2) is 47.9 Å². The molecular weight excluding hydrogens is 376 g/mol. The molecule has 1 saturated heterocycles. The molecule has 0 aromatic heterocycles. The second-order valence-electron chi connectivity index (χ2n) is 6.16. The number of aliphatic imine (C=N–C) groups is 1. The summed E-state index contributed by atoms with van der Waals surface area (Å²) in [6.07, 6.45) is 0.421. The van der Waals surface area contributed by atoms with E-state index in [0.717, 1.165) is 0 Å². The van der Waals surface area contributed by atoms with E-state index >= 15 is 0 Å². The average Bonchev–Trinajstić information content (AvgIpc) is 2.89. The predicted molar refractivity (Wildman–Crippen MR) is 96.6 cm³/mol. The second-order valence-corrected chi connectivity index (χ2v) is 6.53. The first-order valence-electron chi connectivity index (χ1n) is 8.39. The number of carbonyl (C=O) groups is 3. The van der Waals surface area contributed by atoms with Gasteiger partial charge in [-0.15, -0.1) is 0 Å². The smallest absolute Gasteiger partial charge is 0.302 e. The quantitative estimate of drug-likeness (QED) is 0.522. The van der Waals surface area contributed by atoms with Crippen molar-refractivity contribution in [3.05, 3.63) is 22.7 Å². The lowest BCUT2D eigenvalue weighted by Crippen LogP contribution is -2.39. The average molecular weight is 395 g/mol. The molecule has 1 fully saturated rings. The van der Waals surface area contributed by atoms with Gasteiger partial charge in [-0.05, 0) is 12.1 Å². The van der Waals surface area contributed by atoms with Crippen molar-refractivity contribution in [2.24, 2.45) is 10.7 Å². The van der Waals surface area contributed by atoms with E-state index in [2.05, 4.69) is 10.3 Å². The lowest BCUT2D eigenvalue weighted by Gasteiger charge is -2.28. The summed E-state index contributed by atoms with van der Waals surface area (Å²) in [7, 11) is 0. The number of nitrogens with two attached hydrogens (primary N) is 1. The van der Waals surface area contributed by atoms with Crippen LogP contribution in [0.5, 0.6) is 5.75 Å². The van der Waals surface area contributed by atoms with Crippen molar-refractivity contribution in [3.63, 3.8) is 0 Å². The van der Waals surface area contributed by atoms with Crippen LogP contribution >= 0.6 is 11.6 Å². The molecule has 0 aliphatic carbocycles. The minimum Gasteiger partial charge on any atom is -0.492 e. The van der Waals surface area contributed by atoms with Gasteiger partial charge in [-0.1, -0.05) is 11.6 Å². The van der Waals surface area contributed by atoms with Gasteiger partial charge in [0.15, 0.2) is 0 Å². The number of fused-ring (bicyclic) bond motifs is 2. The van der Waals surface area contributed by atoms with E-state index in [1.807, 2.05) is 0 Å². The van der Waals surface area contributed by atoms with Crippen LogP contribution in [0.4, 0.5) is 5.69 Å². The van der Waals surface area contributed by atoms with Crippen molar-refractivity contribution >= 4 is 41.0 Å². The second kappa shape index (κ2) is 7.83. The molecule has 10 heteroatoms. The molecule has 2 heterocycles. The summed E-state index contributed by atoms with van der Waals surface area (Å²) >= 11 is 6.47. The highest BCUT2D eigenvalue weighted by Gasteiger charge is 2.40. The van der Waals surface area contributed by atoms with Gasteiger partial charge in [0.1, 0.15) is 11.8 Å². The number of rotatable bonds is 7. The Kier molecular flexibility index (Phi) is 5.50. The van der Waals surface area contributed by atoms with Gasteiger partial charge in [0.05, 0.1) is 36.9 Å². The van der Waals surface area contributed by atoms with E-state index in [-0.39, 0.29) is 24.9 Å². The Bertz CT molecular complexity index is 826. The molecule has 1 unspecified atom stereocenters. The minimum atomic E-state index is -0.709. The standard InChI is InChI=1S/C17H19ClN4O5/c1-9(23)26-5-2-6-27-13-4-3-11-10(15(13)18)8-22-12(7-14(19)24)16(25)21-17(22)20-11/h3-4,12H,2,5-8H2,1H3,(H2,19,24)(H,20,21,25). The van der Waals surface area contributed by atoms with Gasteiger partial charge in [-0.3, -0.25) is 19.7 Å². The van der Waals surface area contributed by atoms with E-state index in [1.54, 1.807) is 17.0 Å². The highest BCUT2D eigenvalue weighted by Crippen LogP contribution is 2.39. The van der Waals surface area contributed by atoms with Crippen LogP contribution in [0.25, 0.3) is 0 Å². The van der Waals surface area contributed by atoms with Crippen LogP contribution in [0.2, 0.25) is 5.02 Å². The Balaban J connectivity index is 1.72. The fraction of sp³-hybridized carbons (Fsp3) is 0.412. The maximum absolute atomic E-state index is 12.1. The van der Waals surface area contributed by atoms with Crippen LogP contribution in [-0.2, 0) is 25.7 Å². The number of ether oxygens (including phenoxy) is 2. The summed E-state index contributed by atoms with van der Waals surface area (Å²) in [6, 6.07) is 2.74. The highest BCUT2D eigenvalue weighted by molar-refractivity contribution is 6.33. The molecule has 3 rings (SSSR count). The summed E-state index contributed by atoms with van der Waals surface area (Å²) in [5.41, 5.74) is 6.56. The van der Waals surface area contributed by atoms with Crippen LogP contribution in [0.15, 0.2) is 17.1 Å². The van der Waals surface area contributed by atoms with Crippen molar-refractivity contribution in [1.82, 2.24) is 10.2 Å². The van der Waals surface area contributed by atoms with Gasteiger partial charge < -0.3 is 20.1 Å². The topological polar surface area (TPSA) is 123 Å². The molecule has 1 atom stereocenters. The number of primary amides is 1. The van der Waals surface area contributed by atoms with E-state index in [0.29, 0.717) is 47.6 Å². The summed E-state index contributed by atoms with van der Waals surface area (Å²) in [5.74, 6) is -0.377. The molecule has 9 nitrogen and oxygen atoms in total. The van der Waals surface area contributed by atoms with E-state index in [4.69, 9.17) is 26.8 Å². The normalized spacial score (nSPS) is 17.6. The Morgan fingerprint density at radius 1 is 1.41 bits per heavy atom. The SMILES string of the molecule is CC(=O)OCCCOc1ccc2c(c1Cl)CN1C(=N2)NC(=O)C1CC(N)=O. The molecular formula is C17H19ClN4O5. The third-order valence-electron chi connectivity index (χ3n) is 4.17. The number of halogens is 1. The van der Waals surface area contributed by atoms with E-state index in [9.17, 15) is 14.4 Å². The van der Waals surface area contributed by atoms with Crippen molar-refractivity contribution in [1.29, 1.82) is 0 Å². The Hall–Kier alpha value is -2.81. The van der Waals surface area contributed by atoms with Crippen molar-refractivity contribution < 1.29 is 23.9 Å². The molecule has 2 aliphatic heterocycles. The fourth-order valence-electron chi connectivity index (χ4n) is 2.92. The lowest BCUT2D eigenvalue weighted by atomic mass is 10.1. The van der Waals surface area contributed by atoms with Gasteiger partial charge in [0, 0.05) is 18.9 Å². The summed E-state index contributed by atoms with van der Waals surface area (Å²) in [5, 5.41) is 3.05. The Labute approximate surface area is 160 Å². The first-order chi connectivity index (χ1) is 12.9. The van der Waals surface area contributed by atoms with E-state index in [1.165, 1.54) is 6.92 Å². The molecule has 1 aromatic rings. The first-order valence-corrected chi connectivity index (χ1v) is 8.76. The summed E-state index contributed by atoms with van der Waals surface area (Å²) in [4.78, 5) is 40.2. The number of nitrogens with one attached hydrogen (secondary N) is 1. The van der Waals surface area contributed by atoms with Crippen LogP contribution in [0.3, 0.4) is 0 Å². The zero-order chi connectivity index (χ0) is 19.6. The third-order valence-corrected chi connectivity index (χ3v) is 4.58. The fourth-order valence-corrected chi connectivity index (χ4v) is 3.20. The number of carbonyl (C=O) groups excluding carboxylic acids is 3. The zero-order valence-electron chi connectivity index (χ0n) is 14.7. The van der Waals surface area contributed by atoms with Gasteiger partial charge in [0.25, 0.3) is 0 Å². The maximum atomic E-state index is 12.1. The number of hydrogen-bond acceptors (Lipinski definition) is 7. The molecule has 144 valence electrons. The molecule has 0 radical (unpaired) electrons. The molecule has 3 N–H and O–H groups in total. The highest BCUT2D eigenvalue weighted by atomic mass is 35.5. The number of nitrogens with zero attached hydrogens (tertiary/aromatic N) is 2. The first kappa shape index (κ1) is 19.0. The number of esters is 1. The van der Waals surface area contributed by atoms with Gasteiger partial charge in [0.2, 0.25) is 17.8 Å². The number of benzene rings is 1. The molecule has 2 aliphatic rings. The number of guanidine groups is 1. The summed E-state index contributed by atoms with van der Waals surface area (Å²) in [6.45, 7) is 2.24. The largest absolute Gasteiger partial charge is 0.492 e. The monoisotopic (exact) mass is 394 g/mol. The van der Waals surface area contributed by atoms with E-state index < -0.39 is 11.9 Å². The maximum Gasteiger partial charge on any atom is 0.302 e. The van der Waals surface area contributed by atoms with Gasteiger partial charge in [-0.2, -0.15) is 0 Å². The van der Waals surface area contributed by atoms with Crippen molar-refractivity contribution in [2.75, 3.05) is 13.2 Å². The number of hydrogen-bond donors (Lipinski definition) is 2.